The molecule has 0 unspecified atom stereocenters. The van der Waals surface area contributed by atoms with Crippen LogP contribution in [0.5, 0.6) is 17.4 Å². The fraction of sp³-hybridized carbons (Fsp3) is 0.542. The Morgan fingerprint density at radius 3 is 2.41 bits per heavy atom. The Balaban J connectivity index is 1.85. The van der Waals surface area contributed by atoms with E-state index in [1.807, 2.05) is 22.0 Å². The molecule has 0 N–H and O–H groups in total. The van der Waals surface area contributed by atoms with Gasteiger partial charge in [-0.05, 0) is 37.0 Å². The van der Waals surface area contributed by atoms with Crippen LogP contribution in [0.3, 0.4) is 0 Å². The average Bonchev–Trinajstić information content (AvgIpc) is 3.44. The summed E-state index contributed by atoms with van der Waals surface area (Å²) in [6.45, 7) is 2.05. The van der Waals surface area contributed by atoms with E-state index in [1.54, 1.807) is 39.8 Å². The van der Waals surface area contributed by atoms with Crippen LogP contribution in [0.25, 0.3) is 16.1 Å². The lowest BCUT2D eigenvalue weighted by Gasteiger charge is -2.35. The third-order valence-electron chi connectivity index (χ3n) is 6.08. The van der Waals surface area contributed by atoms with Crippen molar-refractivity contribution in [1.82, 2.24) is 9.61 Å². The van der Waals surface area contributed by atoms with Gasteiger partial charge in [0.15, 0.2) is 0 Å². The minimum Gasteiger partial charge on any atom is -0.496 e. The Labute approximate surface area is 203 Å². The number of halogens is 1. The Morgan fingerprint density at radius 2 is 1.82 bits per heavy atom. The third-order valence-corrected chi connectivity index (χ3v) is 7.01. The second kappa shape index (κ2) is 11.2. The first kappa shape index (κ1) is 24.6. The second-order valence-corrected chi connectivity index (χ2v) is 8.94. The van der Waals surface area contributed by atoms with Gasteiger partial charge in [0.1, 0.15) is 22.0 Å². The van der Waals surface area contributed by atoms with Gasteiger partial charge in [0.2, 0.25) is 0 Å². The molecule has 10 heteroatoms. The van der Waals surface area contributed by atoms with E-state index < -0.39 is 0 Å². The first-order valence-corrected chi connectivity index (χ1v) is 12.2. The van der Waals surface area contributed by atoms with E-state index in [2.05, 4.69) is 4.90 Å². The van der Waals surface area contributed by atoms with E-state index in [4.69, 9.17) is 28.8 Å². The van der Waals surface area contributed by atoms with E-state index in [0.29, 0.717) is 50.2 Å². The zero-order valence-corrected chi connectivity index (χ0v) is 21.0. The predicted octanol–water partition coefficient (Wildman–Crippen LogP) is 4.58. The Morgan fingerprint density at radius 1 is 1.12 bits per heavy atom. The lowest BCUT2D eigenvalue weighted by atomic mass is 10.1. The molecule has 1 fully saturated rings. The van der Waals surface area contributed by atoms with Crippen LogP contribution in [-0.4, -0.2) is 70.5 Å². The molecule has 1 aliphatic rings. The molecule has 0 aliphatic carbocycles. The smallest absolute Gasteiger partial charge is 0.258 e. The highest BCUT2D eigenvalue weighted by Crippen LogP contribution is 2.45. The number of fused-ring (bicyclic) bond motifs is 1. The molecular formula is C24H32FN3O5S. The predicted molar refractivity (Wildman–Crippen MR) is 131 cm³/mol. The number of alkyl halides is 1. The fourth-order valence-electron chi connectivity index (χ4n) is 4.53. The largest absolute Gasteiger partial charge is 0.496 e. The van der Waals surface area contributed by atoms with Crippen LogP contribution >= 0.6 is 11.3 Å². The Kier molecular flexibility index (Phi) is 8.12. The van der Waals surface area contributed by atoms with Crippen LogP contribution < -0.4 is 19.1 Å². The second-order valence-electron chi connectivity index (χ2n) is 8.08. The van der Waals surface area contributed by atoms with E-state index in [1.165, 1.54) is 0 Å². The number of nitrogens with zero attached hydrogens (tertiary/aromatic N) is 3. The Hall–Kier alpha value is -2.56. The molecule has 0 bridgehead atoms. The summed E-state index contributed by atoms with van der Waals surface area (Å²) < 4.78 is 43.1. The molecule has 1 aliphatic heterocycles. The number of anilines is 1. The van der Waals surface area contributed by atoms with Gasteiger partial charge in [-0.3, -0.25) is 4.39 Å². The highest BCUT2D eigenvalue weighted by Gasteiger charge is 2.30. The number of hydrogen-bond acceptors (Lipinski definition) is 8. The van der Waals surface area contributed by atoms with Crippen molar-refractivity contribution in [2.75, 3.05) is 59.8 Å². The molecule has 1 aromatic carbocycles. The molecule has 0 radical (unpaired) electrons. The van der Waals surface area contributed by atoms with Crippen molar-refractivity contribution in [2.24, 2.45) is 0 Å². The van der Waals surface area contributed by atoms with E-state index in [0.717, 1.165) is 40.2 Å². The van der Waals surface area contributed by atoms with Crippen LogP contribution in [0.2, 0.25) is 0 Å². The van der Waals surface area contributed by atoms with E-state index in [9.17, 15) is 4.39 Å². The quantitative estimate of drug-likeness (QED) is 0.387. The molecule has 3 heterocycles. The molecule has 34 heavy (non-hydrogen) atoms. The molecule has 4 rings (SSSR count). The number of rotatable bonds is 11. The molecular weight excluding hydrogens is 461 g/mol. The summed E-state index contributed by atoms with van der Waals surface area (Å²) in [5.74, 6) is 1.86. The molecule has 0 spiro atoms. The monoisotopic (exact) mass is 493 g/mol. The van der Waals surface area contributed by atoms with Crippen molar-refractivity contribution >= 4 is 21.9 Å². The summed E-state index contributed by atoms with van der Waals surface area (Å²) in [6.07, 6.45) is 2.21. The summed E-state index contributed by atoms with van der Waals surface area (Å²) in [6, 6.07) is 4.13. The van der Waals surface area contributed by atoms with E-state index >= 15 is 0 Å². The minimum atomic E-state index is -0.371. The van der Waals surface area contributed by atoms with Crippen LogP contribution in [0, 0.1) is 0 Å². The lowest BCUT2D eigenvalue weighted by molar-refractivity contribution is 0.0842. The molecule has 8 nitrogen and oxygen atoms in total. The average molecular weight is 494 g/mol. The first-order chi connectivity index (χ1) is 16.7. The summed E-state index contributed by atoms with van der Waals surface area (Å²) in [7, 11) is 6.54. The number of methoxy groups -OCH3 is 4. The highest BCUT2D eigenvalue weighted by molar-refractivity contribution is 7.16. The molecule has 0 saturated carbocycles. The molecule has 2 aromatic heterocycles. The standard InChI is InChI=1S/C24H32FN3O5S/c1-29-14-16-12-19(30-2)21(20(13-16)31-3)18-15-34-24-22(23(32-4)26-28(18)24)27(9-5-8-25)17-6-10-33-11-7-17/h12-13,15,17H,5-11,14H2,1-4H3. The van der Waals surface area contributed by atoms with Gasteiger partial charge in [0, 0.05) is 38.3 Å². The summed E-state index contributed by atoms with van der Waals surface area (Å²) >= 11 is 1.57. The third kappa shape index (κ3) is 4.67. The van der Waals surface area contributed by atoms with Crippen molar-refractivity contribution < 1.29 is 28.1 Å². The topological polar surface area (TPSA) is 66.7 Å². The van der Waals surface area contributed by atoms with Crippen LogP contribution in [0.15, 0.2) is 17.5 Å². The maximum absolute atomic E-state index is 13.2. The molecule has 186 valence electrons. The maximum Gasteiger partial charge on any atom is 0.258 e. The van der Waals surface area contributed by atoms with Crippen molar-refractivity contribution in [3.63, 3.8) is 0 Å². The van der Waals surface area contributed by atoms with Gasteiger partial charge in [0.25, 0.3) is 5.88 Å². The maximum atomic E-state index is 13.2. The SMILES string of the molecule is COCc1cc(OC)c(-c2csc3c(N(CCCF)C4CCOCC4)c(OC)nn23)c(OC)c1. The van der Waals surface area contributed by atoms with E-state index in [-0.39, 0.29) is 12.7 Å². The molecule has 0 amide bonds. The van der Waals surface area contributed by atoms with Crippen molar-refractivity contribution in [3.05, 3.63) is 23.1 Å². The zero-order chi connectivity index (χ0) is 24.1. The summed E-state index contributed by atoms with van der Waals surface area (Å²) in [4.78, 5) is 3.18. The zero-order valence-electron chi connectivity index (χ0n) is 20.1. The minimum absolute atomic E-state index is 0.241. The number of thiazole rings is 1. The van der Waals surface area contributed by atoms with Crippen molar-refractivity contribution in [2.45, 2.75) is 31.9 Å². The summed E-state index contributed by atoms with van der Waals surface area (Å²) in [5.41, 5.74) is 3.48. The highest BCUT2D eigenvalue weighted by atomic mass is 32.1. The lowest BCUT2D eigenvalue weighted by Crippen LogP contribution is -2.40. The van der Waals surface area contributed by atoms with Gasteiger partial charge >= 0.3 is 0 Å². The fourth-order valence-corrected chi connectivity index (χ4v) is 5.52. The molecule has 3 aromatic rings. The van der Waals surface area contributed by atoms with Gasteiger partial charge in [-0.15, -0.1) is 16.4 Å². The number of hydrogen-bond donors (Lipinski definition) is 0. The number of aromatic nitrogens is 2. The van der Waals surface area contributed by atoms with Gasteiger partial charge < -0.3 is 28.6 Å². The normalized spacial score (nSPS) is 14.5. The molecule has 1 saturated heterocycles. The van der Waals surface area contributed by atoms with Crippen molar-refractivity contribution in [1.29, 1.82) is 0 Å². The molecule has 0 atom stereocenters. The number of benzene rings is 1. The Bertz CT molecular complexity index is 1070. The van der Waals surface area contributed by atoms with Gasteiger partial charge in [-0.1, -0.05) is 0 Å². The van der Waals surface area contributed by atoms with Gasteiger partial charge in [0.05, 0.1) is 45.9 Å². The van der Waals surface area contributed by atoms with Crippen LogP contribution in [-0.2, 0) is 16.1 Å². The summed E-state index contributed by atoms with van der Waals surface area (Å²) in [5, 5.41) is 6.84. The van der Waals surface area contributed by atoms with Gasteiger partial charge in [-0.25, -0.2) is 4.52 Å². The number of ether oxygens (including phenoxy) is 5. The van der Waals surface area contributed by atoms with Crippen molar-refractivity contribution in [3.8, 4) is 28.6 Å². The van der Waals surface area contributed by atoms with Crippen LogP contribution in [0.4, 0.5) is 10.1 Å². The first-order valence-electron chi connectivity index (χ1n) is 11.4. The van der Waals surface area contributed by atoms with Gasteiger partial charge in [-0.2, -0.15) is 0 Å². The van der Waals surface area contributed by atoms with Crippen LogP contribution in [0.1, 0.15) is 24.8 Å².